The molecule has 0 radical (unpaired) electrons. The van der Waals surface area contributed by atoms with Gasteiger partial charge in [0.15, 0.2) is 0 Å². The van der Waals surface area contributed by atoms with Crippen LogP contribution >= 0.6 is 0 Å². The number of carbonyl (C=O) groups is 2. The minimum Gasteiger partial charge on any atom is -0.472 e. The van der Waals surface area contributed by atoms with E-state index in [0.717, 1.165) is 5.56 Å². The van der Waals surface area contributed by atoms with Crippen LogP contribution in [0.5, 0.6) is 0 Å². The van der Waals surface area contributed by atoms with Crippen LogP contribution in [0.2, 0.25) is 0 Å². The molecule has 8 nitrogen and oxygen atoms in total. The van der Waals surface area contributed by atoms with Gasteiger partial charge in [-0.3, -0.25) is 14.5 Å². The second kappa shape index (κ2) is 7.31. The maximum Gasteiger partial charge on any atom is 0.237 e. The Kier molecular flexibility index (Phi) is 4.95. The lowest BCUT2D eigenvalue weighted by Gasteiger charge is -2.35. The first-order chi connectivity index (χ1) is 11.6. The minimum absolute atomic E-state index is 0.114. The van der Waals surface area contributed by atoms with E-state index in [-0.39, 0.29) is 18.2 Å². The Morgan fingerprint density at radius 1 is 1.46 bits per heavy atom. The van der Waals surface area contributed by atoms with E-state index in [1.807, 2.05) is 11.0 Å². The average molecular weight is 332 g/mol. The molecule has 2 amide bonds. The second-order valence-electron chi connectivity index (χ2n) is 5.85. The van der Waals surface area contributed by atoms with Gasteiger partial charge in [-0.25, -0.2) is 0 Å². The zero-order valence-electron chi connectivity index (χ0n) is 13.5. The van der Waals surface area contributed by atoms with Gasteiger partial charge >= 0.3 is 0 Å². The molecule has 1 saturated heterocycles. The standard InChI is InChI=1S/C16H20N4O4/c1-19(10-13-3-7-24-18-13)15(21)8-14-16(22)17-4-5-20(14)9-12-2-6-23-11-12/h2-3,6-7,11,14H,4-5,8-10H2,1H3,(H,17,22). The zero-order valence-corrected chi connectivity index (χ0v) is 13.5. The molecule has 1 N–H and O–H groups in total. The molecular formula is C16H20N4O4. The molecule has 1 aliphatic rings. The third-order valence-electron chi connectivity index (χ3n) is 4.09. The summed E-state index contributed by atoms with van der Waals surface area (Å²) in [5, 5.41) is 6.63. The van der Waals surface area contributed by atoms with Gasteiger partial charge in [-0.15, -0.1) is 0 Å². The average Bonchev–Trinajstić information content (AvgIpc) is 3.24. The van der Waals surface area contributed by atoms with E-state index < -0.39 is 6.04 Å². The summed E-state index contributed by atoms with van der Waals surface area (Å²) in [6.07, 6.45) is 4.85. The quantitative estimate of drug-likeness (QED) is 0.834. The summed E-state index contributed by atoms with van der Waals surface area (Å²) >= 11 is 0. The Bertz CT molecular complexity index is 668. The van der Waals surface area contributed by atoms with Gasteiger partial charge in [-0.05, 0) is 6.07 Å². The summed E-state index contributed by atoms with van der Waals surface area (Å²) in [5.41, 5.74) is 1.66. The largest absolute Gasteiger partial charge is 0.472 e. The van der Waals surface area contributed by atoms with Gasteiger partial charge in [0.2, 0.25) is 11.8 Å². The lowest BCUT2D eigenvalue weighted by molar-refractivity contribution is -0.138. The number of aromatic nitrogens is 1. The lowest BCUT2D eigenvalue weighted by atomic mass is 10.1. The van der Waals surface area contributed by atoms with E-state index in [0.29, 0.717) is 31.9 Å². The van der Waals surface area contributed by atoms with Crippen LogP contribution in [-0.4, -0.2) is 52.9 Å². The first kappa shape index (κ1) is 16.3. The second-order valence-corrected chi connectivity index (χ2v) is 5.85. The van der Waals surface area contributed by atoms with E-state index in [4.69, 9.17) is 8.94 Å². The van der Waals surface area contributed by atoms with Crippen molar-refractivity contribution in [3.63, 3.8) is 0 Å². The van der Waals surface area contributed by atoms with Crippen LogP contribution in [0.15, 0.2) is 39.9 Å². The summed E-state index contributed by atoms with van der Waals surface area (Å²) in [6.45, 7) is 2.21. The summed E-state index contributed by atoms with van der Waals surface area (Å²) in [5.74, 6) is -0.231. The van der Waals surface area contributed by atoms with Crippen molar-refractivity contribution < 1.29 is 18.5 Å². The fourth-order valence-corrected chi connectivity index (χ4v) is 2.76. The van der Waals surface area contributed by atoms with Gasteiger partial charge in [0.25, 0.3) is 0 Å². The molecular weight excluding hydrogens is 312 g/mol. The first-order valence-corrected chi connectivity index (χ1v) is 7.79. The summed E-state index contributed by atoms with van der Waals surface area (Å²) in [6, 6.07) is 3.09. The molecule has 0 bridgehead atoms. The van der Waals surface area contributed by atoms with Crippen LogP contribution in [0.25, 0.3) is 0 Å². The third kappa shape index (κ3) is 3.83. The Morgan fingerprint density at radius 3 is 3.04 bits per heavy atom. The number of carbonyl (C=O) groups excluding carboxylic acids is 2. The van der Waals surface area contributed by atoms with Gasteiger partial charge in [0.1, 0.15) is 12.0 Å². The maximum absolute atomic E-state index is 12.5. The Morgan fingerprint density at radius 2 is 2.33 bits per heavy atom. The smallest absolute Gasteiger partial charge is 0.237 e. The summed E-state index contributed by atoms with van der Waals surface area (Å²) < 4.78 is 9.85. The van der Waals surface area contributed by atoms with Crippen molar-refractivity contribution in [1.82, 2.24) is 20.3 Å². The van der Waals surface area contributed by atoms with Gasteiger partial charge < -0.3 is 19.2 Å². The molecule has 24 heavy (non-hydrogen) atoms. The highest BCUT2D eigenvalue weighted by Gasteiger charge is 2.32. The van der Waals surface area contributed by atoms with Gasteiger partial charge in [0, 0.05) is 38.3 Å². The molecule has 2 aromatic rings. The van der Waals surface area contributed by atoms with Crippen molar-refractivity contribution in [3.8, 4) is 0 Å². The molecule has 1 fully saturated rings. The van der Waals surface area contributed by atoms with Crippen molar-refractivity contribution in [2.24, 2.45) is 0 Å². The highest BCUT2D eigenvalue weighted by Crippen LogP contribution is 2.15. The van der Waals surface area contributed by atoms with Crippen molar-refractivity contribution in [1.29, 1.82) is 0 Å². The van der Waals surface area contributed by atoms with E-state index in [2.05, 4.69) is 10.5 Å². The van der Waals surface area contributed by atoms with E-state index in [1.165, 1.54) is 6.26 Å². The van der Waals surface area contributed by atoms with Crippen molar-refractivity contribution in [2.45, 2.75) is 25.6 Å². The monoisotopic (exact) mass is 332 g/mol. The Labute approximate surface area is 139 Å². The van der Waals surface area contributed by atoms with Crippen LogP contribution in [0.1, 0.15) is 17.7 Å². The molecule has 128 valence electrons. The molecule has 1 atom stereocenters. The number of rotatable bonds is 6. The van der Waals surface area contributed by atoms with E-state index in [1.54, 1.807) is 30.5 Å². The minimum atomic E-state index is -0.485. The van der Waals surface area contributed by atoms with Crippen LogP contribution in [0.3, 0.4) is 0 Å². The highest BCUT2D eigenvalue weighted by molar-refractivity contribution is 5.88. The van der Waals surface area contributed by atoms with Gasteiger partial charge in [-0.2, -0.15) is 0 Å². The SMILES string of the molecule is CN(Cc1ccon1)C(=O)CC1C(=O)NCCN1Cc1ccoc1. The number of nitrogens with one attached hydrogen (secondary N) is 1. The topological polar surface area (TPSA) is 91.8 Å². The molecule has 1 unspecified atom stereocenters. The summed E-state index contributed by atoms with van der Waals surface area (Å²) in [4.78, 5) is 28.3. The predicted octanol–water partition coefficient (Wildman–Crippen LogP) is 0.617. The Hall–Kier alpha value is -2.61. The van der Waals surface area contributed by atoms with Crippen molar-refractivity contribution >= 4 is 11.8 Å². The van der Waals surface area contributed by atoms with Crippen LogP contribution < -0.4 is 5.32 Å². The fourth-order valence-electron chi connectivity index (χ4n) is 2.76. The lowest BCUT2D eigenvalue weighted by Crippen LogP contribution is -2.56. The van der Waals surface area contributed by atoms with Crippen molar-refractivity contribution in [2.75, 3.05) is 20.1 Å². The normalized spacial score (nSPS) is 18.4. The van der Waals surface area contributed by atoms with Crippen molar-refractivity contribution in [3.05, 3.63) is 42.2 Å². The number of hydrogen-bond donors (Lipinski definition) is 1. The first-order valence-electron chi connectivity index (χ1n) is 7.79. The number of piperazine rings is 1. The number of amides is 2. The molecule has 0 saturated carbocycles. The molecule has 2 aromatic heterocycles. The van der Waals surface area contributed by atoms with Crippen LogP contribution in [0.4, 0.5) is 0 Å². The Balaban J connectivity index is 1.63. The molecule has 1 aliphatic heterocycles. The third-order valence-corrected chi connectivity index (χ3v) is 4.09. The summed E-state index contributed by atoms with van der Waals surface area (Å²) in [7, 11) is 1.69. The number of hydrogen-bond acceptors (Lipinski definition) is 6. The van der Waals surface area contributed by atoms with Crippen LogP contribution in [0, 0.1) is 0 Å². The molecule has 0 aromatic carbocycles. The van der Waals surface area contributed by atoms with Crippen LogP contribution in [-0.2, 0) is 22.7 Å². The fraction of sp³-hybridized carbons (Fsp3) is 0.438. The molecule has 0 aliphatic carbocycles. The molecule has 3 heterocycles. The van der Waals surface area contributed by atoms with E-state index in [9.17, 15) is 9.59 Å². The predicted molar refractivity (Wildman–Crippen MR) is 83.5 cm³/mol. The molecule has 0 spiro atoms. The van der Waals surface area contributed by atoms with Gasteiger partial charge in [0.05, 0.1) is 31.5 Å². The van der Waals surface area contributed by atoms with E-state index >= 15 is 0 Å². The molecule has 8 heteroatoms. The number of nitrogens with zero attached hydrogens (tertiary/aromatic N) is 3. The highest BCUT2D eigenvalue weighted by atomic mass is 16.5. The zero-order chi connectivity index (χ0) is 16.9. The number of furan rings is 1. The molecule has 3 rings (SSSR count). The van der Waals surface area contributed by atoms with Gasteiger partial charge in [-0.1, -0.05) is 5.16 Å². The maximum atomic E-state index is 12.5.